The van der Waals surface area contributed by atoms with Crippen LogP contribution in [0.1, 0.15) is 13.8 Å². The number of aliphatic hydroxyl groups excluding tert-OH is 1. The molecule has 1 aliphatic heterocycles. The van der Waals surface area contributed by atoms with Crippen LogP contribution >= 0.6 is 31.9 Å². The number of nitrogens with zero attached hydrogens (tertiary/aromatic N) is 2. The summed E-state index contributed by atoms with van der Waals surface area (Å²) in [5.41, 5.74) is 2.29. The zero-order valence-electron chi connectivity index (χ0n) is 15.5. The summed E-state index contributed by atoms with van der Waals surface area (Å²) in [4.78, 5) is 2.31. The molecule has 1 fully saturated rings. The van der Waals surface area contributed by atoms with Crippen LogP contribution in [0.3, 0.4) is 0 Å². The van der Waals surface area contributed by atoms with Crippen molar-refractivity contribution in [3.8, 4) is 0 Å². The van der Waals surface area contributed by atoms with Gasteiger partial charge in [-0.05, 0) is 50.2 Å². The van der Waals surface area contributed by atoms with Crippen molar-refractivity contribution in [2.24, 2.45) is 0 Å². The Morgan fingerprint density at radius 3 is 2.00 bits per heavy atom. The van der Waals surface area contributed by atoms with E-state index in [0.29, 0.717) is 13.1 Å². The zero-order chi connectivity index (χ0) is 19.1. The van der Waals surface area contributed by atoms with Crippen molar-refractivity contribution in [3.05, 3.63) is 45.3 Å². The number of fused-ring (bicyclic) bond motifs is 3. The monoisotopic (exact) mass is 494 g/mol. The second-order valence-corrected chi connectivity index (χ2v) is 9.39. The third-order valence-electron chi connectivity index (χ3n) is 5.15. The van der Waals surface area contributed by atoms with E-state index in [1.807, 2.05) is 0 Å². The van der Waals surface area contributed by atoms with E-state index in [9.17, 15) is 5.11 Å². The fourth-order valence-corrected chi connectivity index (χ4v) is 4.97. The molecule has 4 nitrogen and oxygen atoms in total. The van der Waals surface area contributed by atoms with Crippen molar-refractivity contribution in [1.29, 1.82) is 0 Å². The summed E-state index contributed by atoms with van der Waals surface area (Å²) >= 11 is 7.17. The highest BCUT2D eigenvalue weighted by Crippen LogP contribution is 2.33. The van der Waals surface area contributed by atoms with Crippen LogP contribution in [0.15, 0.2) is 45.3 Å². The minimum Gasteiger partial charge on any atom is -0.390 e. The SMILES string of the molecule is C[C@H]1CN(C[C@H](O)Cn2c3ccc(Br)cc3c3cc(Br)ccc32)C[C@H](C)O1. The van der Waals surface area contributed by atoms with Crippen molar-refractivity contribution in [1.82, 2.24) is 9.47 Å². The maximum absolute atomic E-state index is 10.9. The molecule has 0 spiro atoms. The van der Waals surface area contributed by atoms with Crippen LogP contribution < -0.4 is 0 Å². The molecule has 3 aromatic rings. The first-order chi connectivity index (χ1) is 12.9. The third-order valence-corrected chi connectivity index (χ3v) is 6.13. The molecule has 1 saturated heterocycles. The van der Waals surface area contributed by atoms with E-state index >= 15 is 0 Å². The molecule has 0 amide bonds. The average Bonchev–Trinajstić information content (AvgIpc) is 2.86. The minimum atomic E-state index is -0.436. The third kappa shape index (κ3) is 4.10. The lowest BCUT2D eigenvalue weighted by molar-refractivity contribution is -0.0771. The molecule has 2 aromatic carbocycles. The van der Waals surface area contributed by atoms with E-state index in [4.69, 9.17) is 4.74 Å². The number of morpholine rings is 1. The predicted octanol–water partition coefficient (Wildman–Crippen LogP) is 4.79. The Morgan fingerprint density at radius 2 is 1.48 bits per heavy atom. The number of halogens is 2. The molecule has 2 heterocycles. The van der Waals surface area contributed by atoms with Crippen LogP contribution in [0, 0.1) is 0 Å². The molecule has 0 bridgehead atoms. The summed E-state index contributed by atoms with van der Waals surface area (Å²) in [6.45, 7) is 7.16. The minimum absolute atomic E-state index is 0.212. The van der Waals surface area contributed by atoms with E-state index in [2.05, 4.69) is 91.6 Å². The topological polar surface area (TPSA) is 37.6 Å². The lowest BCUT2D eigenvalue weighted by atomic mass is 10.2. The highest BCUT2D eigenvalue weighted by molar-refractivity contribution is 9.10. The number of aromatic nitrogens is 1. The normalized spacial score (nSPS) is 22.6. The molecule has 6 heteroatoms. The van der Waals surface area contributed by atoms with Gasteiger partial charge in [0, 0.05) is 50.4 Å². The molecule has 144 valence electrons. The Balaban J connectivity index is 1.64. The molecule has 1 aliphatic rings. The lowest BCUT2D eigenvalue weighted by Gasteiger charge is -2.36. The molecule has 27 heavy (non-hydrogen) atoms. The van der Waals surface area contributed by atoms with Crippen molar-refractivity contribution in [3.63, 3.8) is 0 Å². The number of benzene rings is 2. The fraction of sp³-hybridized carbons (Fsp3) is 0.429. The van der Waals surface area contributed by atoms with E-state index < -0.39 is 6.10 Å². The highest BCUT2D eigenvalue weighted by Gasteiger charge is 2.24. The molecule has 0 aliphatic carbocycles. The van der Waals surface area contributed by atoms with Crippen LogP contribution in [0.5, 0.6) is 0 Å². The van der Waals surface area contributed by atoms with Gasteiger partial charge in [0.05, 0.1) is 24.9 Å². The average molecular weight is 496 g/mol. The van der Waals surface area contributed by atoms with Gasteiger partial charge in [-0.1, -0.05) is 31.9 Å². The molecule has 1 N–H and O–H groups in total. The fourth-order valence-electron chi connectivity index (χ4n) is 4.25. The number of aliphatic hydroxyl groups is 1. The quantitative estimate of drug-likeness (QED) is 0.565. The number of hydrogen-bond donors (Lipinski definition) is 1. The Morgan fingerprint density at radius 1 is 0.963 bits per heavy atom. The second kappa shape index (κ2) is 7.84. The van der Waals surface area contributed by atoms with Crippen LogP contribution in [-0.2, 0) is 11.3 Å². The van der Waals surface area contributed by atoms with Crippen LogP contribution in [0.25, 0.3) is 21.8 Å². The van der Waals surface area contributed by atoms with E-state index in [-0.39, 0.29) is 12.2 Å². The van der Waals surface area contributed by atoms with Gasteiger partial charge in [0.2, 0.25) is 0 Å². The van der Waals surface area contributed by atoms with Gasteiger partial charge in [0.1, 0.15) is 0 Å². The van der Waals surface area contributed by atoms with Gasteiger partial charge < -0.3 is 14.4 Å². The first-order valence-electron chi connectivity index (χ1n) is 9.33. The Hall–Kier alpha value is -0.920. The lowest BCUT2D eigenvalue weighted by Crippen LogP contribution is -2.48. The van der Waals surface area contributed by atoms with E-state index in [0.717, 1.165) is 33.1 Å². The van der Waals surface area contributed by atoms with Gasteiger partial charge in [-0.3, -0.25) is 4.90 Å². The van der Waals surface area contributed by atoms with Gasteiger partial charge in [-0.15, -0.1) is 0 Å². The predicted molar refractivity (Wildman–Crippen MR) is 117 cm³/mol. The summed E-state index contributed by atoms with van der Waals surface area (Å²) in [7, 11) is 0. The van der Waals surface area contributed by atoms with Crippen molar-refractivity contribution >= 4 is 53.7 Å². The molecule has 4 rings (SSSR count). The first-order valence-corrected chi connectivity index (χ1v) is 10.9. The molecular formula is C21H24Br2N2O2. The second-order valence-electron chi connectivity index (χ2n) is 7.56. The number of hydrogen-bond acceptors (Lipinski definition) is 3. The number of β-amino-alcohol motifs (C(OH)–C–C–N with tert-alkyl or cyclic N) is 1. The maximum atomic E-state index is 10.9. The summed E-state index contributed by atoms with van der Waals surface area (Å²) < 4.78 is 10.2. The van der Waals surface area contributed by atoms with Gasteiger partial charge >= 0.3 is 0 Å². The highest BCUT2D eigenvalue weighted by atomic mass is 79.9. The van der Waals surface area contributed by atoms with Gasteiger partial charge in [0.15, 0.2) is 0 Å². The molecule has 0 unspecified atom stereocenters. The largest absolute Gasteiger partial charge is 0.390 e. The van der Waals surface area contributed by atoms with Crippen LogP contribution in [-0.4, -0.2) is 52.5 Å². The Labute approximate surface area is 176 Å². The van der Waals surface area contributed by atoms with Crippen molar-refractivity contribution in [2.75, 3.05) is 19.6 Å². The van der Waals surface area contributed by atoms with Crippen LogP contribution in [0.2, 0.25) is 0 Å². The maximum Gasteiger partial charge on any atom is 0.0846 e. The van der Waals surface area contributed by atoms with Gasteiger partial charge in [-0.25, -0.2) is 0 Å². The summed E-state index contributed by atoms with van der Waals surface area (Å²) in [5, 5.41) is 13.2. The molecule has 1 aromatic heterocycles. The van der Waals surface area contributed by atoms with Crippen molar-refractivity contribution in [2.45, 2.75) is 38.7 Å². The summed E-state index contributed by atoms with van der Waals surface area (Å²) in [5.74, 6) is 0. The van der Waals surface area contributed by atoms with Crippen LogP contribution in [0.4, 0.5) is 0 Å². The molecule has 3 atom stereocenters. The van der Waals surface area contributed by atoms with Gasteiger partial charge in [-0.2, -0.15) is 0 Å². The summed E-state index contributed by atoms with van der Waals surface area (Å²) in [6.07, 6.45) is -0.0126. The first kappa shape index (κ1) is 19.4. The van der Waals surface area contributed by atoms with Gasteiger partial charge in [0.25, 0.3) is 0 Å². The van der Waals surface area contributed by atoms with E-state index in [1.165, 1.54) is 10.8 Å². The Bertz CT molecular complexity index is 902. The molecular weight excluding hydrogens is 472 g/mol. The zero-order valence-corrected chi connectivity index (χ0v) is 18.7. The van der Waals surface area contributed by atoms with E-state index in [1.54, 1.807) is 0 Å². The molecule has 0 radical (unpaired) electrons. The number of rotatable bonds is 4. The molecule has 0 saturated carbocycles. The Kier molecular flexibility index (Phi) is 5.63. The standard InChI is InChI=1S/C21H24Br2N2O2/c1-13-9-24(10-14(2)27-13)11-17(26)12-25-20-5-3-15(22)7-18(20)19-8-16(23)4-6-21(19)25/h3-8,13-14,17,26H,9-12H2,1-2H3/t13-,14-,17-/m0/s1. The smallest absolute Gasteiger partial charge is 0.0846 e. The number of ether oxygens (including phenoxy) is 1. The van der Waals surface area contributed by atoms with Crippen molar-refractivity contribution < 1.29 is 9.84 Å². The summed E-state index contributed by atoms with van der Waals surface area (Å²) in [6, 6.07) is 12.7.